The third kappa shape index (κ3) is 5.00. The minimum absolute atomic E-state index is 0.227. The van der Waals surface area contributed by atoms with Crippen LogP contribution < -0.4 is 15.0 Å². The van der Waals surface area contributed by atoms with Crippen molar-refractivity contribution in [1.29, 1.82) is 0 Å². The van der Waals surface area contributed by atoms with Crippen LogP contribution in [0.5, 0.6) is 11.5 Å². The first kappa shape index (κ1) is 24.7. The minimum Gasteiger partial charge on any atom is -0.490 e. The van der Waals surface area contributed by atoms with Crippen LogP contribution in [0.4, 0.5) is 0 Å². The van der Waals surface area contributed by atoms with Crippen LogP contribution >= 0.6 is 27.5 Å². The summed E-state index contributed by atoms with van der Waals surface area (Å²) in [7, 11) is 0. The van der Waals surface area contributed by atoms with Crippen molar-refractivity contribution in [2.75, 3.05) is 6.61 Å². The third-order valence-corrected chi connectivity index (χ3v) is 6.30. The molecule has 8 nitrogen and oxygen atoms in total. The summed E-state index contributed by atoms with van der Waals surface area (Å²) in [5, 5.41) is 6.22. The highest BCUT2D eigenvalue weighted by Crippen LogP contribution is 2.34. The summed E-state index contributed by atoms with van der Waals surface area (Å²) in [5.74, 6) is 0.742. The Balaban J connectivity index is 1.67. The van der Waals surface area contributed by atoms with E-state index in [0.717, 1.165) is 5.39 Å². The van der Waals surface area contributed by atoms with E-state index >= 15 is 0 Å². The zero-order chi connectivity index (χ0) is 26.1. The first-order chi connectivity index (χ1) is 17.8. The van der Waals surface area contributed by atoms with E-state index < -0.39 is 5.97 Å². The predicted molar refractivity (Wildman–Crippen MR) is 146 cm³/mol. The fourth-order valence-electron chi connectivity index (χ4n) is 3.79. The monoisotopic (exact) mass is 579 g/mol. The lowest BCUT2D eigenvalue weighted by Crippen LogP contribution is -2.20. The van der Waals surface area contributed by atoms with E-state index in [9.17, 15) is 9.59 Å². The van der Waals surface area contributed by atoms with Gasteiger partial charge in [-0.25, -0.2) is 4.98 Å². The molecule has 0 saturated carbocycles. The number of benzene rings is 3. The standard InChI is InChI=1S/C27H19BrClN3O5/c1-3-35-23-12-17(20(28)13-24(23)36-15(2)33)14-30-32-26(31-21-7-5-4-6-19(21)27(32)34)25-11-16-10-18(29)8-9-22(16)37-25/h4-14H,3H2,1-2H3. The quantitative estimate of drug-likeness (QED) is 0.130. The van der Waals surface area contributed by atoms with Crippen LogP contribution in [0, 0.1) is 0 Å². The van der Waals surface area contributed by atoms with Crippen LogP contribution in [0.15, 0.2) is 79.4 Å². The molecule has 0 radical (unpaired) electrons. The number of carbonyl (C=O) groups is 1. The van der Waals surface area contributed by atoms with E-state index in [1.54, 1.807) is 54.6 Å². The molecule has 0 N–H and O–H groups in total. The number of halogens is 2. The van der Waals surface area contributed by atoms with Crippen LogP contribution in [0.3, 0.4) is 0 Å². The third-order valence-electron chi connectivity index (χ3n) is 5.38. The SMILES string of the molecule is CCOc1cc(C=Nn2c(-c3cc4cc(Cl)ccc4o3)nc3ccccc3c2=O)c(Br)cc1OC(C)=O. The molecule has 0 saturated heterocycles. The van der Waals surface area contributed by atoms with Gasteiger partial charge in [0, 0.05) is 27.4 Å². The van der Waals surface area contributed by atoms with Crippen LogP contribution in [-0.2, 0) is 4.79 Å². The number of rotatable bonds is 6. The number of fused-ring (bicyclic) bond motifs is 2. The highest BCUT2D eigenvalue weighted by molar-refractivity contribution is 9.10. The maximum Gasteiger partial charge on any atom is 0.308 e. The van der Waals surface area contributed by atoms with Crippen LogP contribution in [0.1, 0.15) is 19.4 Å². The fourth-order valence-corrected chi connectivity index (χ4v) is 4.39. The van der Waals surface area contributed by atoms with Gasteiger partial charge in [0.2, 0.25) is 5.82 Å². The molecule has 186 valence electrons. The van der Waals surface area contributed by atoms with Crippen molar-refractivity contribution in [2.45, 2.75) is 13.8 Å². The lowest BCUT2D eigenvalue weighted by atomic mass is 10.2. The Kier molecular flexibility index (Phi) is 6.82. The predicted octanol–water partition coefficient (Wildman–Crippen LogP) is 6.43. The molecule has 0 atom stereocenters. The maximum atomic E-state index is 13.5. The molecular formula is C27H19BrClN3O5. The summed E-state index contributed by atoms with van der Waals surface area (Å²) in [6.07, 6.45) is 1.49. The summed E-state index contributed by atoms with van der Waals surface area (Å²) in [6.45, 7) is 3.49. The van der Waals surface area contributed by atoms with E-state index in [-0.39, 0.29) is 17.1 Å². The summed E-state index contributed by atoms with van der Waals surface area (Å²) in [5.41, 5.74) is 1.33. The first-order valence-electron chi connectivity index (χ1n) is 11.2. The second-order valence-electron chi connectivity index (χ2n) is 7.95. The highest BCUT2D eigenvalue weighted by atomic mass is 79.9. The molecule has 2 heterocycles. The molecule has 37 heavy (non-hydrogen) atoms. The largest absolute Gasteiger partial charge is 0.490 e. The second-order valence-corrected chi connectivity index (χ2v) is 9.24. The Hall–Kier alpha value is -3.95. The normalized spacial score (nSPS) is 11.5. The van der Waals surface area contributed by atoms with Gasteiger partial charge in [-0.2, -0.15) is 9.78 Å². The van der Waals surface area contributed by atoms with Crippen molar-refractivity contribution in [3.05, 3.63) is 86.1 Å². The maximum absolute atomic E-state index is 13.5. The average Bonchev–Trinajstić information content (AvgIpc) is 3.28. The summed E-state index contributed by atoms with van der Waals surface area (Å²) in [4.78, 5) is 29.7. The summed E-state index contributed by atoms with van der Waals surface area (Å²) in [6, 6.07) is 17.3. The molecule has 0 bridgehead atoms. The van der Waals surface area contributed by atoms with E-state index in [1.165, 1.54) is 17.8 Å². The van der Waals surface area contributed by atoms with Gasteiger partial charge in [-0.15, -0.1) is 0 Å². The van der Waals surface area contributed by atoms with Gasteiger partial charge in [-0.3, -0.25) is 9.59 Å². The lowest BCUT2D eigenvalue weighted by molar-refractivity contribution is -0.132. The van der Waals surface area contributed by atoms with Crippen molar-refractivity contribution < 1.29 is 18.7 Å². The second kappa shape index (κ2) is 10.2. The van der Waals surface area contributed by atoms with Crippen molar-refractivity contribution in [3.8, 4) is 23.1 Å². The fraction of sp³-hybridized carbons (Fsp3) is 0.111. The molecule has 10 heteroatoms. The number of furan rings is 1. The molecule has 0 spiro atoms. The van der Waals surface area contributed by atoms with Gasteiger partial charge >= 0.3 is 5.97 Å². The van der Waals surface area contributed by atoms with Gasteiger partial charge < -0.3 is 13.9 Å². The molecule has 0 amide bonds. The number of nitrogens with zero attached hydrogens (tertiary/aromatic N) is 3. The van der Waals surface area contributed by atoms with Gasteiger partial charge in [0.1, 0.15) is 5.58 Å². The average molecular weight is 581 g/mol. The number of hydrogen-bond donors (Lipinski definition) is 0. The molecule has 0 aliphatic rings. The number of esters is 1. The molecule has 0 aliphatic heterocycles. The molecular weight excluding hydrogens is 562 g/mol. The van der Waals surface area contributed by atoms with E-state index in [4.69, 9.17) is 25.5 Å². The molecule has 2 aromatic heterocycles. The number of ether oxygens (including phenoxy) is 2. The van der Waals surface area contributed by atoms with Crippen LogP contribution in [0.2, 0.25) is 5.02 Å². The van der Waals surface area contributed by atoms with Crippen molar-refractivity contribution >= 4 is 61.6 Å². The van der Waals surface area contributed by atoms with Gasteiger partial charge in [-0.1, -0.05) is 23.7 Å². The molecule has 5 aromatic rings. The zero-order valence-corrected chi connectivity index (χ0v) is 22.0. The molecule has 5 rings (SSSR count). The summed E-state index contributed by atoms with van der Waals surface area (Å²) >= 11 is 9.61. The summed E-state index contributed by atoms with van der Waals surface area (Å²) < 4.78 is 18.7. The Labute approximate surface area is 224 Å². The smallest absolute Gasteiger partial charge is 0.308 e. The number of carbonyl (C=O) groups excluding carboxylic acids is 1. The Bertz CT molecular complexity index is 1760. The Morgan fingerprint density at radius 2 is 1.97 bits per heavy atom. The molecule has 0 fully saturated rings. The Morgan fingerprint density at radius 3 is 2.76 bits per heavy atom. The van der Waals surface area contributed by atoms with Crippen molar-refractivity contribution in [2.24, 2.45) is 5.10 Å². The first-order valence-corrected chi connectivity index (χ1v) is 12.4. The Morgan fingerprint density at radius 1 is 1.16 bits per heavy atom. The van der Waals surface area contributed by atoms with E-state index in [2.05, 4.69) is 26.0 Å². The lowest BCUT2D eigenvalue weighted by Gasteiger charge is -2.12. The van der Waals surface area contributed by atoms with E-state index in [1.807, 2.05) is 13.0 Å². The van der Waals surface area contributed by atoms with E-state index in [0.29, 0.717) is 49.7 Å². The topological polar surface area (TPSA) is 95.9 Å². The van der Waals surface area contributed by atoms with Crippen molar-refractivity contribution in [1.82, 2.24) is 9.66 Å². The van der Waals surface area contributed by atoms with Crippen LogP contribution in [-0.4, -0.2) is 28.5 Å². The molecule has 0 aliphatic carbocycles. The minimum atomic E-state index is -0.472. The van der Waals surface area contributed by atoms with Gasteiger partial charge in [0.05, 0.1) is 23.7 Å². The molecule has 3 aromatic carbocycles. The highest BCUT2D eigenvalue weighted by Gasteiger charge is 2.17. The number of para-hydroxylation sites is 1. The van der Waals surface area contributed by atoms with Gasteiger partial charge in [-0.05, 0) is 71.4 Å². The zero-order valence-electron chi connectivity index (χ0n) is 19.7. The van der Waals surface area contributed by atoms with Gasteiger partial charge in [0.25, 0.3) is 5.56 Å². The van der Waals surface area contributed by atoms with Crippen LogP contribution in [0.25, 0.3) is 33.5 Å². The van der Waals surface area contributed by atoms with Crippen molar-refractivity contribution in [3.63, 3.8) is 0 Å². The number of aromatic nitrogens is 2. The molecule has 0 unspecified atom stereocenters. The number of hydrogen-bond acceptors (Lipinski definition) is 7. The van der Waals surface area contributed by atoms with Gasteiger partial charge in [0.15, 0.2) is 17.3 Å².